The molecule has 4 nitrogen and oxygen atoms in total. The predicted molar refractivity (Wildman–Crippen MR) is 95.5 cm³/mol. The second kappa shape index (κ2) is 8.43. The van der Waals surface area contributed by atoms with Gasteiger partial charge in [-0.25, -0.2) is 0 Å². The molecule has 7 heteroatoms. The molecule has 0 aliphatic rings. The second-order valence-electron chi connectivity index (χ2n) is 4.54. The molecule has 0 aromatic heterocycles. The maximum atomic E-state index is 8.66. The molecule has 0 aliphatic carbocycles. The molecular weight excluding hydrogens is 405 g/mol. The summed E-state index contributed by atoms with van der Waals surface area (Å²) in [5.74, 6) is 1.12. The lowest BCUT2D eigenvalue weighted by molar-refractivity contribution is 0.267. The number of halogens is 3. The van der Waals surface area contributed by atoms with Gasteiger partial charge >= 0.3 is 0 Å². The fourth-order valence-electron chi connectivity index (χ4n) is 1.92. The summed E-state index contributed by atoms with van der Waals surface area (Å²) in [6.45, 7) is 2.67. The normalized spacial score (nSPS) is 11.0. The minimum absolute atomic E-state index is 0.309. The highest BCUT2D eigenvalue weighted by atomic mass is 79.9. The largest absolute Gasteiger partial charge is 0.490 e. The van der Waals surface area contributed by atoms with E-state index in [0.717, 1.165) is 5.56 Å². The van der Waals surface area contributed by atoms with Crippen LogP contribution in [0.4, 0.5) is 0 Å². The van der Waals surface area contributed by atoms with E-state index in [4.69, 9.17) is 37.9 Å². The summed E-state index contributed by atoms with van der Waals surface area (Å²) in [5.41, 5.74) is 1.57. The zero-order valence-electron chi connectivity index (χ0n) is 12.2. The average Bonchev–Trinajstić information content (AvgIpc) is 2.50. The van der Waals surface area contributed by atoms with E-state index in [2.05, 4.69) is 21.1 Å². The highest BCUT2D eigenvalue weighted by molar-refractivity contribution is 9.10. The Morgan fingerprint density at radius 3 is 2.61 bits per heavy atom. The molecule has 0 atom stereocenters. The zero-order chi connectivity index (χ0) is 16.8. The number of oxime groups is 1. The van der Waals surface area contributed by atoms with Gasteiger partial charge in [0.15, 0.2) is 11.5 Å². The number of hydrogen-bond acceptors (Lipinski definition) is 4. The zero-order valence-corrected chi connectivity index (χ0v) is 15.3. The number of rotatable bonds is 6. The molecule has 2 aromatic carbocycles. The lowest BCUT2D eigenvalue weighted by atomic mass is 10.2. The van der Waals surface area contributed by atoms with Crippen molar-refractivity contribution in [1.82, 2.24) is 0 Å². The second-order valence-corrected chi connectivity index (χ2v) is 6.21. The van der Waals surface area contributed by atoms with E-state index in [9.17, 15) is 0 Å². The smallest absolute Gasteiger partial charge is 0.175 e. The standard InChI is InChI=1S/C16H14BrCl2NO3/c1-2-22-15-7-11(8-20-21)5-12(17)16(15)23-9-10-3-4-13(18)14(19)6-10/h3-8,21H,2,9H2,1H3/b20-8-. The van der Waals surface area contributed by atoms with Crippen molar-refractivity contribution in [2.24, 2.45) is 5.16 Å². The van der Waals surface area contributed by atoms with E-state index in [1.807, 2.05) is 13.0 Å². The molecule has 0 heterocycles. The predicted octanol–water partition coefficient (Wildman–Crippen LogP) is 5.54. The maximum absolute atomic E-state index is 8.66. The van der Waals surface area contributed by atoms with Crippen molar-refractivity contribution in [2.75, 3.05) is 6.61 Å². The first-order valence-corrected chi connectivity index (χ1v) is 8.30. The van der Waals surface area contributed by atoms with E-state index in [0.29, 0.717) is 44.8 Å². The van der Waals surface area contributed by atoms with Crippen LogP contribution in [0.25, 0.3) is 0 Å². The molecule has 2 rings (SSSR count). The van der Waals surface area contributed by atoms with Crippen LogP contribution in [0.15, 0.2) is 40.0 Å². The molecule has 0 amide bonds. The quantitative estimate of drug-likeness (QED) is 0.380. The molecule has 0 saturated heterocycles. The van der Waals surface area contributed by atoms with Gasteiger partial charge in [0.1, 0.15) is 6.61 Å². The maximum Gasteiger partial charge on any atom is 0.175 e. The summed E-state index contributed by atoms with van der Waals surface area (Å²) >= 11 is 15.3. The van der Waals surface area contributed by atoms with Crippen molar-refractivity contribution in [2.45, 2.75) is 13.5 Å². The van der Waals surface area contributed by atoms with Gasteiger partial charge in [0.25, 0.3) is 0 Å². The Bertz CT molecular complexity index is 723. The third kappa shape index (κ3) is 4.77. The molecule has 0 saturated carbocycles. The average molecular weight is 419 g/mol. The highest BCUT2D eigenvalue weighted by Gasteiger charge is 2.12. The van der Waals surface area contributed by atoms with E-state index in [1.165, 1.54) is 6.21 Å². The van der Waals surface area contributed by atoms with Crippen LogP contribution in [0.5, 0.6) is 11.5 Å². The summed E-state index contributed by atoms with van der Waals surface area (Å²) in [5, 5.41) is 12.7. The third-order valence-electron chi connectivity index (χ3n) is 2.91. The molecule has 0 radical (unpaired) electrons. The molecule has 23 heavy (non-hydrogen) atoms. The van der Waals surface area contributed by atoms with Crippen LogP contribution in [0.1, 0.15) is 18.1 Å². The SMILES string of the molecule is CCOc1cc(/C=N\O)cc(Br)c1OCc1ccc(Cl)c(Cl)c1. The molecule has 0 aliphatic heterocycles. The first kappa shape index (κ1) is 17.9. The van der Waals surface area contributed by atoms with Crippen LogP contribution in [0.2, 0.25) is 10.0 Å². The van der Waals surface area contributed by atoms with Crippen LogP contribution in [-0.2, 0) is 6.61 Å². The van der Waals surface area contributed by atoms with Crippen molar-refractivity contribution < 1.29 is 14.7 Å². The Kier molecular flexibility index (Phi) is 6.57. The molecule has 2 aromatic rings. The topological polar surface area (TPSA) is 51.0 Å². The molecule has 122 valence electrons. The molecular formula is C16H14BrCl2NO3. The third-order valence-corrected chi connectivity index (χ3v) is 4.23. The van der Waals surface area contributed by atoms with Gasteiger partial charge in [-0.2, -0.15) is 0 Å². The Labute approximate surface area is 152 Å². The van der Waals surface area contributed by atoms with E-state index < -0.39 is 0 Å². The Morgan fingerprint density at radius 1 is 1.17 bits per heavy atom. The summed E-state index contributed by atoms with van der Waals surface area (Å²) in [6.07, 6.45) is 1.32. The lowest BCUT2D eigenvalue weighted by Gasteiger charge is -2.15. The van der Waals surface area contributed by atoms with Crippen LogP contribution in [0.3, 0.4) is 0 Å². The van der Waals surface area contributed by atoms with Gasteiger partial charge < -0.3 is 14.7 Å². The van der Waals surface area contributed by atoms with Crippen molar-refractivity contribution in [3.8, 4) is 11.5 Å². The first-order chi connectivity index (χ1) is 11.0. The number of hydrogen-bond donors (Lipinski definition) is 1. The van der Waals surface area contributed by atoms with E-state index in [1.54, 1.807) is 24.3 Å². The van der Waals surface area contributed by atoms with Crippen molar-refractivity contribution in [3.63, 3.8) is 0 Å². The molecule has 0 fully saturated rings. The summed E-state index contributed by atoms with van der Waals surface area (Å²) in [7, 11) is 0. The number of nitrogens with zero attached hydrogens (tertiary/aromatic N) is 1. The van der Waals surface area contributed by atoms with Crippen LogP contribution in [-0.4, -0.2) is 18.0 Å². The summed E-state index contributed by atoms with van der Waals surface area (Å²) in [4.78, 5) is 0. The fourth-order valence-corrected chi connectivity index (χ4v) is 2.81. The molecule has 0 spiro atoms. The Morgan fingerprint density at radius 2 is 1.96 bits per heavy atom. The van der Waals surface area contributed by atoms with Crippen LogP contribution >= 0.6 is 39.1 Å². The monoisotopic (exact) mass is 417 g/mol. The van der Waals surface area contributed by atoms with Gasteiger partial charge in [0.05, 0.1) is 27.3 Å². The van der Waals surface area contributed by atoms with Crippen molar-refractivity contribution >= 4 is 45.3 Å². The first-order valence-electron chi connectivity index (χ1n) is 6.75. The summed E-state index contributed by atoms with van der Waals surface area (Å²) in [6, 6.07) is 8.83. The van der Waals surface area contributed by atoms with Gasteiger partial charge in [-0.1, -0.05) is 34.4 Å². The van der Waals surface area contributed by atoms with Gasteiger partial charge in [-0.05, 0) is 52.7 Å². The van der Waals surface area contributed by atoms with E-state index >= 15 is 0 Å². The van der Waals surface area contributed by atoms with Gasteiger partial charge in [-0.3, -0.25) is 0 Å². The minimum atomic E-state index is 0.309. The number of benzene rings is 2. The Hall–Kier alpha value is -1.43. The van der Waals surface area contributed by atoms with Gasteiger partial charge in [-0.15, -0.1) is 0 Å². The molecule has 0 bridgehead atoms. The van der Waals surface area contributed by atoms with Gasteiger partial charge in [0.2, 0.25) is 0 Å². The summed E-state index contributed by atoms with van der Waals surface area (Å²) < 4.78 is 12.1. The van der Waals surface area contributed by atoms with Crippen molar-refractivity contribution in [3.05, 3.63) is 56.0 Å². The van der Waals surface area contributed by atoms with Crippen molar-refractivity contribution in [1.29, 1.82) is 0 Å². The molecule has 1 N–H and O–H groups in total. The van der Waals surface area contributed by atoms with Crippen LogP contribution in [0, 0.1) is 0 Å². The Balaban J connectivity index is 2.25. The van der Waals surface area contributed by atoms with Crippen LogP contribution < -0.4 is 9.47 Å². The molecule has 0 unspecified atom stereocenters. The van der Waals surface area contributed by atoms with E-state index in [-0.39, 0.29) is 0 Å². The fraction of sp³-hybridized carbons (Fsp3) is 0.188. The highest BCUT2D eigenvalue weighted by Crippen LogP contribution is 2.37. The lowest BCUT2D eigenvalue weighted by Crippen LogP contribution is -2.01. The number of ether oxygens (including phenoxy) is 2. The minimum Gasteiger partial charge on any atom is -0.490 e. The van der Waals surface area contributed by atoms with Gasteiger partial charge in [0, 0.05) is 5.56 Å².